The summed E-state index contributed by atoms with van der Waals surface area (Å²) in [4.78, 5) is 34.5. The van der Waals surface area contributed by atoms with Gasteiger partial charge in [0.15, 0.2) is 0 Å². The van der Waals surface area contributed by atoms with Crippen molar-refractivity contribution in [3.63, 3.8) is 0 Å². The zero-order valence-electron chi connectivity index (χ0n) is 18.3. The zero-order chi connectivity index (χ0) is 22.6. The van der Waals surface area contributed by atoms with Crippen LogP contribution in [0.15, 0.2) is 64.1 Å². The van der Waals surface area contributed by atoms with Crippen LogP contribution in [0, 0.1) is 5.92 Å². The number of carbonyl (C=O) groups excluding carboxylic acids is 1. The number of benzene rings is 1. The van der Waals surface area contributed by atoms with Gasteiger partial charge < -0.3 is 10.2 Å². The molecule has 1 aromatic carbocycles. The van der Waals surface area contributed by atoms with Gasteiger partial charge in [-0.2, -0.15) is 0 Å². The normalized spacial score (nSPS) is 16.2. The molecule has 0 aliphatic carbocycles. The van der Waals surface area contributed by atoms with Crippen LogP contribution in [0.1, 0.15) is 23.3 Å². The van der Waals surface area contributed by atoms with Crippen molar-refractivity contribution in [2.75, 3.05) is 24.5 Å². The monoisotopic (exact) mass is 478 g/mol. The molecule has 8 heteroatoms. The van der Waals surface area contributed by atoms with Crippen LogP contribution >= 0.6 is 22.7 Å². The van der Waals surface area contributed by atoms with E-state index in [1.54, 1.807) is 15.9 Å². The van der Waals surface area contributed by atoms with E-state index in [1.807, 2.05) is 47.8 Å². The molecule has 1 saturated heterocycles. The number of aromatic nitrogens is 2. The lowest BCUT2D eigenvalue weighted by Gasteiger charge is -2.34. The summed E-state index contributed by atoms with van der Waals surface area (Å²) in [6.45, 7) is 2.47. The van der Waals surface area contributed by atoms with Gasteiger partial charge in [-0.05, 0) is 47.7 Å². The fourth-order valence-corrected chi connectivity index (χ4v) is 5.85. The minimum atomic E-state index is -0.109. The Morgan fingerprint density at radius 1 is 1.09 bits per heavy atom. The number of amides is 1. The highest BCUT2D eigenvalue weighted by molar-refractivity contribution is 7.17. The Labute approximate surface area is 200 Å². The van der Waals surface area contributed by atoms with Crippen molar-refractivity contribution in [1.29, 1.82) is 0 Å². The van der Waals surface area contributed by atoms with E-state index in [9.17, 15) is 9.59 Å². The second-order valence-electron chi connectivity index (χ2n) is 8.33. The quantitative estimate of drug-likeness (QED) is 0.434. The Hall–Kier alpha value is -2.97. The van der Waals surface area contributed by atoms with Crippen LogP contribution in [0.3, 0.4) is 0 Å². The number of rotatable bonds is 7. The van der Waals surface area contributed by atoms with E-state index in [0.29, 0.717) is 30.3 Å². The lowest BCUT2D eigenvalue weighted by atomic mass is 9.97. The van der Waals surface area contributed by atoms with Crippen molar-refractivity contribution in [3.8, 4) is 0 Å². The molecular formula is C25H26N4O2S2. The first-order chi connectivity index (χ1) is 16.2. The van der Waals surface area contributed by atoms with Gasteiger partial charge in [-0.3, -0.25) is 14.2 Å². The summed E-state index contributed by atoms with van der Waals surface area (Å²) in [6.07, 6.45) is 2.60. The second kappa shape index (κ2) is 9.89. The molecule has 6 nitrogen and oxygen atoms in total. The molecule has 33 heavy (non-hydrogen) atoms. The number of piperidine rings is 1. The first-order valence-electron chi connectivity index (χ1n) is 11.3. The predicted molar refractivity (Wildman–Crippen MR) is 135 cm³/mol. The minimum Gasteiger partial charge on any atom is -0.355 e. The van der Waals surface area contributed by atoms with Gasteiger partial charge >= 0.3 is 0 Å². The van der Waals surface area contributed by atoms with Crippen molar-refractivity contribution < 1.29 is 4.79 Å². The van der Waals surface area contributed by atoms with E-state index in [2.05, 4.69) is 21.7 Å². The molecule has 4 aromatic rings. The zero-order valence-corrected chi connectivity index (χ0v) is 19.9. The van der Waals surface area contributed by atoms with Crippen molar-refractivity contribution in [3.05, 3.63) is 80.1 Å². The maximum absolute atomic E-state index is 13.4. The molecule has 1 fully saturated rings. The van der Waals surface area contributed by atoms with E-state index < -0.39 is 0 Å². The highest BCUT2D eigenvalue weighted by atomic mass is 32.1. The number of fused-ring (bicyclic) bond motifs is 1. The maximum atomic E-state index is 13.4. The summed E-state index contributed by atoms with van der Waals surface area (Å²) in [5, 5.41) is 7.08. The van der Waals surface area contributed by atoms with Gasteiger partial charge in [0.05, 0.1) is 18.0 Å². The number of thiophene rings is 2. The van der Waals surface area contributed by atoms with Crippen LogP contribution < -0.4 is 15.8 Å². The predicted octanol–water partition coefficient (Wildman–Crippen LogP) is 4.14. The third kappa shape index (κ3) is 4.86. The van der Waals surface area contributed by atoms with Crippen molar-refractivity contribution >= 4 is 44.7 Å². The number of anilines is 1. The molecule has 1 amide bonds. The fraction of sp³-hybridized carbons (Fsp3) is 0.320. The molecule has 5 rings (SSSR count). The minimum absolute atomic E-state index is 0.0172. The molecule has 0 spiro atoms. The molecule has 1 aliphatic rings. The highest BCUT2D eigenvalue weighted by Crippen LogP contribution is 2.25. The van der Waals surface area contributed by atoms with Crippen molar-refractivity contribution in [2.45, 2.75) is 25.8 Å². The third-order valence-corrected chi connectivity index (χ3v) is 7.88. The maximum Gasteiger partial charge on any atom is 0.273 e. The Balaban J connectivity index is 1.36. The van der Waals surface area contributed by atoms with Gasteiger partial charge in [-0.1, -0.05) is 36.4 Å². The summed E-state index contributed by atoms with van der Waals surface area (Å²) in [7, 11) is 0. The fourth-order valence-electron chi connectivity index (χ4n) is 4.36. The van der Waals surface area contributed by atoms with Crippen LogP contribution in [0.2, 0.25) is 0 Å². The summed E-state index contributed by atoms with van der Waals surface area (Å²) in [6, 6.07) is 16.0. The smallest absolute Gasteiger partial charge is 0.273 e. The molecule has 0 saturated carbocycles. The Bertz CT molecular complexity index is 1280. The Morgan fingerprint density at radius 2 is 1.97 bits per heavy atom. The van der Waals surface area contributed by atoms with Crippen molar-refractivity contribution in [1.82, 2.24) is 14.9 Å². The SMILES string of the molecule is O=C(NCCc1cccs1)[C@H]1CCCN(c2nc3ccsc3c(=O)n2Cc2ccccc2)C1. The summed E-state index contributed by atoms with van der Waals surface area (Å²) < 4.78 is 2.44. The van der Waals surface area contributed by atoms with E-state index in [0.717, 1.165) is 36.9 Å². The average Bonchev–Trinajstić information content (AvgIpc) is 3.54. The molecule has 0 bridgehead atoms. The van der Waals surface area contributed by atoms with E-state index in [4.69, 9.17) is 4.98 Å². The van der Waals surface area contributed by atoms with E-state index >= 15 is 0 Å². The molecule has 0 radical (unpaired) electrons. The summed E-state index contributed by atoms with van der Waals surface area (Å²) in [5.41, 5.74) is 1.77. The first kappa shape index (κ1) is 21.9. The number of carbonyl (C=O) groups is 1. The lowest BCUT2D eigenvalue weighted by Crippen LogP contribution is -2.45. The molecule has 170 valence electrons. The largest absolute Gasteiger partial charge is 0.355 e. The second-order valence-corrected chi connectivity index (χ2v) is 10.3. The highest BCUT2D eigenvalue weighted by Gasteiger charge is 2.28. The Kier molecular flexibility index (Phi) is 6.55. The first-order valence-corrected chi connectivity index (χ1v) is 13.0. The van der Waals surface area contributed by atoms with Gasteiger partial charge in [0.25, 0.3) is 5.56 Å². The standard InChI is InChI=1S/C25H26N4O2S2/c30-23(26-12-10-20-9-5-14-32-20)19-8-4-13-28(17-19)25-27-21-11-15-33-22(21)24(31)29(25)16-18-6-2-1-3-7-18/h1-3,5-7,9,11,14-15,19H,4,8,10,12-13,16-17H2,(H,26,30)/t19-/m0/s1. The topological polar surface area (TPSA) is 67.2 Å². The van der Waals surface area contributed by atoms with E-state index in [-0.39, 0.29) is 17.4 Å². The van der Waals surface area contributed by atoms with Gasteiger partial charge in [0, 0.05) is 24.5 Å². The van der Waals surface area contributed by atoms with Gasteiger partial charge in [0.1, 0.15) is 4.70 Å². The Morgan fingerprint density at radius 3 is 2.79 bits per heavy atom. The number of nitrogens with one attached hydrogen (secondary N) is 1. The van der Waals surface area contributed by atoms with Crippen LogP contribution in [-0.2, 0) is 17.8 Å². The van der Waals surface area contributed by atoms with Crippen molar-refractivity contribution in [2.24, 2.45) is 5.92 Å². The molecule has 0 unspecified atom stereocenters. The molecule has 1 atom stereocenters. The lowest BCUT2D eigenvalue weighted by molar-refractivity contribution is -0.125. The van der Waals surface area contributed by atoms with Crippen LogP contribution in [0.5, 0.6) is 0 Å². The van der Waals surface area contributed by atoms with Gasteiger partial charge in [-0.15, -0.1) is 22.7 Å². The summed E-state index contributed by atoms with van der Waals surface area (Å²) in [5.74, 6) is 0.637. The third-order valence-electron chi connectivity index (χ3n) is 6.05. The number of nitrogens with zero attached hydrogens (tertiary/aromatic N) is 3. The molecule has 3 aromatic heterocycles. The van der Waals surface area contributed by atoms with Gasteiger partial charge in [0.2, 0.25) is 11.9 Å². The van der Waals surface area contributed by atoms with Crippen LogP contribution in [-0.4, -0.2) is 35.1 Å². The molecular weight excluding hydrogens is 452 g/mol. The number of hydrogen-bond acceptors (Lipinski definition) is 6. The van der Waals surface area contributed by atoms with Gasteiger partial charge in [-0.25, -0.2) is 4.98 Å². The van der Waals surface area contributed by atoms with Crippen LogP contribution in [0.25, 0.3) is 10.2 Å². The van der Waals surface area contributed by atoms with Crippen LogP contribution in [0.4, 0.5) is 5.95 Å². The van der Waals surface area contributed by atoms with E-state index in [1.165, 1.54) is 16.2 Å². The number of hydrogen-bond donors (Lipinski definition) is 1. The molecule has 1 aliphatic heterocycles. The summed E-state index contributed by atoms with van der Waals surface area (Å²) >= 11 is 3.14. The average molecular weight is 479 g/mol. The molecule has 1 N–H and O–H groups in total. The molecule has 4 heterocycles.